The molecular formula is C24H22O4. The van der Waals surface area contributed by atoms with Crippen LogP contribution in [0.25, 0.3) is 6.08 Å². The molecule has 28 heavy (non-hydrogen) atoms. The van der Waals surface area contributed by atoms with Gasteiger partial charge in [0.1, 0.15) is 23.7 Å². The molecule has 0 fully saturated rings. The Balaban J connectivity index is 1.66. The van der Waals surface area contributed by atoms with Crippen molar-refractivity contribution in [3.8, 4) is 11.5 Å². The Hall–Kier alpha value is -3.53. The number of phenols is 1. The molecule has 0 saturated carbocycles. The van der Waals surface area contributed by atoms with Crippen LogP contribution in [0.15, 0.2) is 78.9 Å². The predicted molar refractivity (Wildman–Crippen MR) is 109 cm³/mol. The molecule has 4 nitrogen and oxygen atoms in total. The summed E-state index contributed by atoms with van der Waals surface area (Å²) in [5.41, 5.74) is 3.14. The van der Waals surface area contributed by atoms with E-state index in [0.717, 1.165) is 22.4 Å². The Morgan fingerprint density at radius 1 is 1.00 bits per heavy atom. The first kappa shape index (κ1) is 19.2. The lowest BCUT2D eigenvalue weighted by atomic mass is 10.1. The van der Waals surface area contributed by atoms with Gasteiger partial charge < -0.3 is 14.6 Å². The van der Waals surface area contributed by atoms with Gasteiger partial charge in [-0.25, -0.2) is 4.79 Å². The molecule has 0 aromatic heterocycles. The molecule has 0 saturated heterocycles. The smallest absolute Gasteiger partial charge is 0.341 e. The fraction of sp³-hybridized carbons (Fsp3) is 0.125. The first-order chi connectivity index (χ1) is 13.7. The third-order valence-electron chi connectivity index (χ3n) is 4.28. The second-order valence-corrected chi connectivity index (χ2v) is 6.26. The Kier molecular flexibility index (Phi) is 6.47. The van der Waals surface area contributed by atoms with Gasteiger partial charge in [-0.05, 0) is 41.3 Å². The largest absolute Gasteiger partial charge is 0.507 e. The highest BCUT2D eigenvalue weighted by molar-refractivity contribution is 5.92. The van der Waals surface area contributed by atoms with Gasteiger partial charge in [0.05, 0.1) is 7.11 Å². The fourth-order valence-electron chi connectivity index (χ4n) is 2.81. The molecule has 4 heteroatoms. The summed E-state index contributed by atoms with van der Waals surface area (Å²) in [6.07, 6.45) is 4.58. The van der Waals surface area contributed by atoms with Crippen LogP contribution in [0.4, 0.5) is 0 Å². The number of phenolic OH excluding ortho intramolecular Hbond substituents is 1. The molecule has 0 radical (unpaired) electrons. The van der Waals surface area contributed by atoms with Gasteiger partial charge in [0.25, 0.3) is 0 Å². The monoisotopic (exact) mass is 374 g/mol. The molecule has 0 aliphatic heterocycles. The summed E-state index contributed by atoms with van der Waals surface area (Å²) in [5.74, 6) is 0.193. The lowest BCUT2D eigenvalue weighted by Crippen LogP contribution is -2.01. The third kappa shape index (κ3) is 5.01. The lowest BCUT2D eigenvalue weighted by molar-refractivity contribution is 0.0597. The van der Waals surface area contributed by atoms with Crippen LogP contribution in [0.1, 0.15) is 27.0 Å². The minimum absolute atomic E-state index is 0.0967. The van der Waals surface area contributed by atoms with Crippen LogP contribution in [0, 0.1) is 0 Å². The topological polar surface area (TPSA) is 55.8 Å². The number of rotatable bonds is 7. The zero-order valence-corrected chi connectivity index (χ0v) is 15.7. The van der Waals surface area contributed by atoms with E-state index in [0.29, 0.717) is 13.0 Å². The number of methoxy groups -OCH3 is 1. The summed E-state index contributed by atoms with van der Waals surface area (Å²) in [5, 5.41) is 9.98. The van der Waals surface area contributed by atoms with E-state index in [1.165, 1.54) is 7.11 Å². The Labute approximate surface area is 164 Å². The number of ether oxygens (including phenoxy) is 2. The Morgan fingerprint density at radius 2 is 1.75 bits per heavy atom. The summed E-state index contributed by atoms with van der Waals surface area (Å²) < 4.78 is 10.6. The van der Waals surface area contributed by atoms with E-state index >= 15 is 0 Å². The van der Waals surface area contributed by atoms with Gasteiger partial charge in [-0.15, -0.1) is 0 Å². The third-order valence-corrected chi connectivity index (χ3v) is 4.28. The van der Waals surface area contributed by atoms with Crippen molar-refractivity contribution in [1.29, 1.82) is 0 Å². The molecule has 1 N–H and O–H groups in total. The van der Waals surface area contributed by atoms with Gasteiger partial charge >= 0.3 is 5.97 Å². The molecule has 0 spiro atoms. The maximum Gasteiger partial charge on any atom is 0.341 e. The molecule has 3 aromatic carbocycles. The maximum absolute atomic E-state index is 11.5. The van der Waals surface area contributed by atoms with Crippen LogP contribution in [0.2, 0.25) is 0 Å². The summed E-state index contributed by atoms with van der Waals surface area (Å²) in [6.45, 7) is 0.518. The minimum Gasteiger partial charge on any atom is -0.507 e. The molecule has 0 amide bonds. The van der Waals surface area contributed by atoms with Gasteiger partial charge in [-0.3, -0.25) is 0 Å². The van der Waals surface area contributed by atoms with Crippen LogP contribution in [-0.4, -0.2) is 18.2 Å². The molecule has 0 aliphatic carbocycles. The van der Waals surface area contributed by atoms with Crippen molar-refractivity contribution in [3.05, 3.63) is 101 Å². The first-order valence-electron chi connectivity index (χ1n) is 9.00. The number of benzene rings is 3. The normalized spacial score (nSPS) is 10.8. The van der Waals surface area contributed by atoms with Gasteiger partial charge in [0.2, 0.25) is 0 Å². The highest BCUT2D eigenvalue weighted by Gasteiger charge is 2.10. The van der Waals surface area contributed by atoms with E-state index in [1.54, 1.807) is 18.2 Å². The van der Waals surface area contributed by atoms with E-state index < -0.39 is 5.97 Å². The predicted octanol–water partition coefficient (Wildman–Crippen LogP) is 5.01. The van der Waals surface area contributed by atoms with E-state index in [1.807, 2.05) is 66.7 Å². The number of esters is 1. The Morgan fingerprint density at radius 3 is 2.50 bits per heavy atom. The quantitative estimate of drug-likeness (QED) is 0.591. The maximum atomic E-state index is 11.5. The first-order valence-corrected chi connectivity index (χ1v) is 9.00. The molecule has 0 bridgehead atoms. The second kappa shape index (κ2) is 9.42. The molecular weight excluding hydrogens is 352 g/mol. The fourth-order valence-corrected chi connectivity index (χ4v) is 2.81. The van der Waals surface area contributed by atoms with Crippen molar-refractivity contribution in [3.63, 3.8) is 0 Å². The van der Waals surface area contributed by atoms with Crippen molar-refractivity contribution in [2.75, 3.05) is 7.11 Å². The standard InChI is InChI=1S/C24H22O4/c1-27-24(26)21-15-14-18(16-22(21)25)10-7-12-20-11-5-6-13-23(20)28-17-19-8-3-2-4-9-19/h2-11,13-16,25H,12,17H2,1H3/b10-7-. The number of hydrogen-bond donors (Lipinski definition) is 1. The lowest BCUT2D eigenvalue weighted by Gasteiger charge is -2.10. The number of carbonyl (C=O) groups excluding carboxylic acids is 1. The summed E-state index contributed by atoms with van der Waals surface area (Å²) in [4.78, 5) is 11.5. The summed E-state index contributed by atoms with van der Waals surface area (Å²) in [6, 6.07) is 22.8. The zero-order valence-electron chi connectivity index (χ0n) is 15.7. The molecule has 3 rings (SSSR count). The molecule has 0 heterocycles. The van der Waals surface area contributed by atoms with Crippen LogP contribution >= 0.6 is 0 Å². The molecule has 0 unspecified atom stereocenters. The minimum atomic E-state index is -0.558. The number of hydrogen-bond acceptors (Lipinski definition) is 4. The zero-order chi connectivity index (χ0) is 19.8. The van der Waals surface area contributed by atoms with Gasteiger partial charge in [0.15, 0.2) is 0 Å². The summed E-state index contributed by atoms with van der Waals surface area (Å²) >= 11 is 0. The van der Waals surface area contributed by atoms with Crippen molar-refractivity contribution in [2.24, 2.45) is 0 Å². The van der Waals surface area contributed by atoms with Gasteiger partial charge in [0, 0.05) is 0 Å². The highest BCUT2D eigenvalue weighted by atomic mass is 16.5. The number of carbonyl (C=O) groups is 1. The van der Waals surface area contributed by atoms with Crippen LogP contribution in [0.3, 0.4) is 0 Å². The highest BCUT2D eigenvalue weighted by Crippen LogP contribution is 2.23. The molecule has 142 valence electrons. The molecule has 0 atom stereocenters. The van der Waals surface area contributed by atoms with Crippen molar-refractivity contribution in [2.45, 2.75) is 13.0 Å². The van der Waals surface area contributed by atoms with E-state index in [4.69, 9.17) is 4.74 Å². The van der Waals surface area contributed by atoms with Crippen LogP contribution in [0.5, 0.6) is 11.5 Å². The molecule has 0 aliphatic rings. The average Bonchev–Trinajstić information content (AvgIpc) is 2.73. The SMILES string of the molecule is COC(=O)c1ccc(/C=C\Cc2ccccc2OCc2ccccc2)cc1O. The van der Waals surface area contributed by atoms with Gasteiger partial charge in [-0.1, -0.05) is 66.7 Å². The van der Waals surface area contributed by atoms with E-state index in [-0.39, 0.29) is 11.3 Å². The van der Waals surface area contributed by atoms with Gasteiger partial charge in [-0.2, -0.15) is 0 Å². The van der Waals surface area contributed by atoms with Crippen LogP contribution < -0.4 is 4.74 Å². The number of allylic oxidation sites excluding steroid dienone is 1. The van der Waals surface area contributed by atoms with E-state index in [2.05, 4.69) is 4.74 Å². The Bertz CT molecular complexity index is 961. The average molecular weight is 374 g/mol. The second-order valence-electron chi connectivity index (χ2n) is 6.26. The van der Waals surface area contributed by atoms with E-state index in [9.17, 15) is 9.90 Å². The van der Waals surface area contributed by atoms with Crippen molar-refractivity contribution < 1.29 is 19.4 Å². The van der Waals surface area contributed by atoms with Crippen LogP contribution in [-0.2, 0) is 17.8 Å². The summed E-state index contributed by atoms with van der Waals surface area (Å²) in [7, 11) is 1.28. The van der Waals surface area contributed by atoms with Crippen molar-refractivity contribution in [1.82, 2.24) is 0 Å². The molecule has 3 aromatic rings. The van der Waals surface area contributed by atoms with Crippen molar-refractivity contribution >= 4 is 12.0 Å². The number of aromatic hydroxyl groups is 1. The number of para-hydroxylation sites is 1.